The number of ether oxygens (including phenoxy) is 3. The highest BCUT2D eigenvalue weighted by Crippen LogP contribution is 2.42. The highest BCUT2D eigenvalue weighted by molar-refractivity contribution is 7.15. The van der Waals surface area contributed by atoms with E-state index in [9.17, 15) is 18.4 Å². The number of hydrogen-bond donors (Lipinski definition) is 1. The van der Waals surface area contributed by atoms with Gasteiger partial charge in [-0.05, 0) is 12.1 Å². The van der Waals surface area contributed by atoms with Crippen LogP contribution in [0.3, 0.4) is 0 Å². The van der Waals surface area contributed by atoms with Gasteiger partial charge in [0.1, 0.15) is 0 Å². The van der Waals surface area contributed by atoms with E-state index < -0.39 is 24.8 Å². The van der Waals surface area contributed by atoms with Gasteiger partial charge in [0, 0.05) is 29.5 Å². The lowest BCUT2D eigenvalue weighted by atomic mass is 10.3. The number of rotatable bonds is 5. The molecule has 0 aliphatic carbocycles. The molecule has 3 aromatic rings. The predicted octanol–water partition coefficient (Wildman–Crippen LogP) is 2.44. The van der Waals surface area contributed by atoms with E-state index in [0.29, 0.717) is 5.69 Å². The van der Waals surface area contributed by atoms with Crippen LogP contribution in [-0.4, -0.2) is 34.2 Å². The molecule has 0 saturated carbocycles. The summed E-state index contributed by atoms with van der Waals surface area (Å²) in [7, 11) is 0. The number of esters is 1. The molecular weight excluding hydrogens is 384 g/mol. The Balaban J connectivity index is 1.28. The number of anilines is 1. The van der Waals surface area contributed by atoms with E-state index in [0.717, 1.165) is 4.96 Å². The fraction of sp³-hybridized carbons (Fsp3) is 0.188. The normalized spacial score (nSPS) is 14.3. The molecule has 0 fully saturated rings. The third kappa shape index (κ3) is 3.82. The van der Waals surface area contributed by atoms with Gasteiger partial charge in [0.05, 0.1) is 12.1 Å². The van der Waals surface area contributed by atoms with E-state index >= 15 is 0 Å². The first kappa shape index (κ1) is 17.2. The molecule has 0 unspecified atom stereocenters. The zero-order valence-corrected chi connectivity index (χ0v) is 14.3. The fourth-order valence-electron chi connectivity index (χ4n) is 2.43. The van der Waals surface area contributed by atoms with Gasteiger partial charge in [-0.25, -0.2) is 4.98 Å². The van der Waals surface area contributed by atoms with E-state index in [-0.39, 0.29) is 23.6 Å². The Morgan fingerprint density at radius 2 is 2.11 bits per heavy atom. The van der Waals surface area contributed by atoms with Gasteiger partial charge in [0.15, 0.2) is 23.1 Å². The largest absolute Gasteiger partial charge is 0.586 e. The second-order valence-electron chi connectivity index (χ2n) is 5.54. The van der Waals surface area contributed by atoms with E-state index in [1.807, 2.05) is 11.6 Å². The Morgan fingerprint density at radius 1 is 1.30 bits per heavy atom. The van der Waals surface area contributed by atoms with Gasteiger partial charge < -0.3 is 19.5 Å². The first-order chi connectivity index (χ1) is 12.9. The van der Waals surface area contributed by atoms with Crippen LogP contribution in [0.5, 0.6) is 11.5 Å². The number of imidazole rings is 1. The molecule has 0 radical (unpaired) electrons. The summed E-state index contributed by atoms with van der Waals surface area (Å²) in [6.45, 7) is -0.522. The minimum atomic E-state index is -3.73. The molecule has 1 amide bonds. The Labute approximate surface area is 154 Å². The van der Waals surface area contributed by atoms with Gasteiger partial charge in [-0.2, -0.15) is 0 Å². The van der Waals surface area contributed by atoms with E-state index in [4.69, 9.17) is 4.74 Å². The number of hydrogen-bond acceptors (Lipinski definition) is 7. The lowest BCUT2D eigenvalue weighted by Gasteiger charge is -2.07. The zero-order valence-electron chi connectivity index (χ0n) is 13.5. The number of amides is 1. The molecule has 11 heteroatoms. The number of carbonyl (C=O) groups is 2. The maximum absolute atomic E-state index is 13.0. The first-order valence-electron chi connectivity index (χ1n) is 7.64. The van der Waals surface area contributed by atoms with Gasteiger partial charge >= 0.3 is 12.3 Å². The van der Waals surface area contributed by atoms with Crippen molar-refractivity contribution in [1.82, 2.24) is 9.38 Å². The molecule has 0 bridgehead atoms. The minimum Gasteiger partial charge on any atom is -0.455 e. The molecule has 0 atom stereocenters. The molecule has 1 aromatic carbocycles. The number of carbonyl (C=O) groups excluding carboxylic acids is 2. The standard InChI is InChI=1S/C16H11F2N3O5S/c17-16(18)25-11-2-1-9(5-12(11)26-16)19-13(22)8-24-14(23)6-10-7-21-3-4-27-15(21)20-10/h1-5,7H,6,8H2,(H,19,22). The van der Waals surface area contributed by atoms with Gasteiger partial charge in [0.2, 0.25) is 0 Å². The lowest BCUT2D eigenvalue weighted by Crippen LogP contribution is -2.25. The Bertz CT molecular complexity index is 1000. The molecule has 0 saturated heterocycles. The molecule has 27 heavy (non-hydrogen) atoms. The van der Waals surface area contributed by atoms with Crippen molar-refractivity contribution in [2.24, 2.45) is 0 Å². The molecule has 1 aliphatic rings. The van der Waals surface area contributed by atoms with E-state index in [2.05, 4.69) is 19.8 Å². The number of alkyl halides is 2. The average Bonchev–Trinajstić information content (AvgIpc) is 3.24. The van der Waals surface area contributed by atoms with E-state index in [1.54, 1.807) is 10.6 Å². The van der Waals surface area contributed by atoms with Crippen molar-refractivity contribution in [3.8, 4) is 11.5 Å². The van der Waals surface area contributed by atoms with Crippen LogP contribution >= 0.6 is 11.3 Å². The summed E-state index contributed by atoms with van der Waals surface area (Å²) in [6, 6.07) is 3.79. The van der Waals surface area contributed by atoms with Gasteiger partial charge in [0.25, 0.3) is 5.91 Å². The Kier molecular flexibility index (Phi) is 4.15. The third-order valence-electron chi connectivity index (χ3n) is 3.52. The quantitative estimate of drug-likeness (QED) is 0.668. The number of halogens is 2. The van der Waals surface area contributed by atoms with Crippen LogP contribution < -0.4 is 14.8 Å². The molecule has 3 heterocycles. The summed E-state index contributed by atoms with van der Waals surface area (Å²) in [6.07, 6.45) is -0.283. The number of nitrogens with one attached hydrogen (secondary N) is 1. The molecule has 0 spiro atoms. The van der Waals surface area contributed by atoms with Gasteiger partial charge in [-0.3, -0.25) is 14.0 Å². The smallest absolute Gasteiger partial charge is 0.455 e. The van der Waals surface area contributed by atoms with Crippen molar-refractivity contribution in [3.63, 3.8) is 0 Å². The van der Waals surface area contributed by atoms with Crippen LogP contribution in [0.25, 0.3) is 4.96 Å². The minimum absolute atomic E-state index is 0.0687. The van der Waals surface area contributed by atoms with Gasteiger partial charge in [-0.1, -0.05) is 0 Å². The summed E-state index contributed by atoms with van der Waals surface area (Å²) in [5, 5.41) is 4.29. The van der Waals surface area contributed by atoms with Crippen LogP contribution in [0.1, 0.15) is 5.69 Å². The van der Waals surface area contributed by atoms with Crippen LogP contribution in [0.15, 0.2) is 36.0 Å². The average molecular weight is 395 g/mol. The molecule has 8 nitrogen and oxygen atoms in total. The van der Waals surface area contributed by atoms with Crippen molar-refractivity contribution in [2.45, 2.75) is 12.7 Å². The van der Waals surface area contributed by atoms with Crippen LogP contribution in [0, 0.1) is 0 Å². The SMILES string of the molecule is O=C(COC(=O)Cc1cn2ccsc2n1)Nc1ccc2c(c1)OC(F)(F)O2. The molecule has 1 aliphatic heterocycles. The fourth-order valence-corrected chi connectivity index (χ4v) is 3.15. The zero-order chi connectivity index (χ0) is 19.0. The summed E-state index contributed by atoms with van der Waals surface area (Å²) >= 11 is 1.43. The highest BCUT2D eigenvalue weighted by atomic mass is 32.1. The first-order valence-corrected chi connectivity index (χ1v) is 8.52. The van der Waals surface area contributed by atoms with Crippen LogP contribution in [0.2, 0.25) is 0 Å². The van der Waals surface area contributed by atoms with Crippen molar-refractivity contribution in [2.75, 3.05) is 11.9 Å². The topological polar surface area (TPSA) is 91.2 Å². The van der Waals surface area contributed by atoms with Crippen molar-refractivity contribution in [3.05, 3.63) is 41.7 Å². The summed E-state index contributed by atoms with van der Waals surface area (Å²) < 4.78 is 41.2. The monoisotopic (exact) mass is 395 g/mol. The second kappa shape index (κ2) is 6.50. The highest BCUT2D eigenvalue weighted by Gasteiger charge is 2.43. The second-order valence-corrected chi connectivity index (χ2v) is 6.41. The van der Waals surface area contributed by atoms with Crippen LogP contribution in [0.4, 0.5) is 14.5 Å². The molecule has 2 aromatic heterocycles. The Hall–Kier alpha value is -3.21. The maximum atomic E-state index is 13.0. The van der Waals surface area contributed by atoms with Crippen LogP contribution in [-0.2, 0) is 20.7 Å². The molecular formula is C16H11F2N3O5S. The van der Waals surface area contributed by atoms with Gasteiger partial charge in [-0.15, -0.1) is 20.1 Å². The maximum Gasteiger partial charge on any atom is 0.586 e. The van der Waals surface area contributed by atoms with E-state index in [1.165, 1.54) is 29.5 Å². The molecule has 140 valence electrons. The van der Waals surface area contributed by atoms with Crippen molar-refractivity contribution >= 4 is 33.9 Å². The lowest BCUT2D eigenvalue weighted by molar-refractivity contribution is -0.286. The summed E-state index contributed by atoms with van der Waals surface area (Å²) in [5.41, 5.74) is 0.731. The number of benzene rings is 1. The number of nitrogens with zero attached hydrogens (tertiary/aromatic N) is 2. The van der Waals surface area contributed by atoms with Crippen molar-refractivity contribution in [1.29, 1.82) is 0 Å². The summed E-state index contributed by atoms with van der Waals surface area (Å²) in [5.74, 6) is -1.57. The van der Waals surface area contributed by atoms with Crippen molar-refractivity contribution < 1.29 is 32.6 Å². The number of fused-ring (bicyclic) bond motifs is 2. The summed E-state index contributed by atoms with van der Waals surface area (Å²) in [4.78, 5) is 28.7. The number of thiazole rings is 1. The molecule has 4 rings (SSSR count). The third-order valence-corrected chi connectivity index (χ3v) is 4.29. The Morgan fingerprint density at radius 3 is 2.93 bits per heavy atom. The molecule has 1 N–H and O–H groups in total. The number of aromatic nitrogens is 2. The predicted molar refractivity (Wildman–Crippen MR) is 89.0 cm³/mol.